The molecule has 0 aliphatic rings. The Kier molecular flexibility index (Phi) is 3.65. The molecular formula is C9H15N3OSSi. The number of nitrogens with two attached hydrogens (primary N) is 1. The molecule has 0 saturated heterocycles. The van der Waals surface area contributed by atoms with Gasteiger partial charge >= 0.3 is 0 Å². The van der Waals surface area contributed by atoms with E-state index in [4.69, 9.17) is 10.2 Å². The second-order valence-electron chi connectivity index (χ2n) is 4.19. The van der Waals surface area contributed by atoms with Crippen LogP contribution in [0, 0.1) is 0 Å². The number of thiocarbonyl (C=S) groups is 1. The third kappa shape index (κ3) is 3.84. The average molecular weight is 241 g/mol. The number of rotatable bonds is 3. The summed E-state index contributed by atoms with van der Waals surface area (Å²) in [6.07, 6.45) is 1.56. The molecule has 0 aliphatic heterocycles. The van der Waals surface area contributed by atoms with Gasteiger partial charge in [-0.25, -0.2) is 0 Å². The Labute approximate surface area is 95.5 Å². The Morgan fingerprint density at radius 1 is 1.53 bits per heavy atom. The quantitative estimate of drug-likeness (QED) is 0.358. The van der Waals surface area contributed by atoms with Crippen molar-refractivity contribution in [3.8, 4) is 0 Å². The van der Waals surface area contributed by atoms with E-state index < -0.39 is 8.07 Å². The lowest BCUT2D eigenvalue weighted by atomic mass is 10.5. The molecule has 1 aromatic heterocycles. The van der Waals surface area contributed by atoms with Crippen molar-refractivity contribution < 1.29 is 4.42 Å². The fourth-order valence-electron chi connectivity index (χ4n) is 0.985. The lowest BCUT2D eigenvalue weighted by molar-refractivity contribution is 0.589. The molecular weight excluding hydrogens is 226 g/mol. The predicted molar refractivity (Wildman–Crippen MR) is 69.2 cm³/mol. The summed E-state index contributed by atoms with van der Waals surface area (Å²) in [4.78, 5) is 0. The molecule has 82 valence electrons. The van der Waals surface area contributed by atoms with Crippen LogP contribution in [-0.4, -0.2) is 19.4 Å². The van der Waals surface area contributed by atoms with Gasteiger partial charge in [0, 0.05) is 0 Å². The molecule has 15 heavy (non-hydrogen) atoms. The first-order valence-electron chi connectivity index (χ1n) is 4.58. The number of hydrogen-bond acceptors (Lipinski definition) is 3. The molecule has 3 N–H and O–H groups in total. The molecule has 6 heteroatoms. The second-order valence-corrected chi connectivity index (χ2v) is 9.62. The highest BCUT2D eigenvalue weighted by Crippen LogP contribution is 2.04. The van der Waals surface area contributed by atoms with Crippen molar-refractivity contribution in [2.75, 3.05) is 0 Å². The number of furan rings is 1. The van der Waals surface area contributed by atoms with Crippen LogP contribution in [0.5, 0.6) is 0 Å². The molecule has 4 nitrogen and oxygen atoms in total. The Hall–Kier alpha value is -1.14. The molecule has 0 aromatic carbocycles. The Morgan fingerprint density at radius 3 is 2.67 bits per heavy atom. The third-order valence-electron chi connectivity index (χ3n) is 1.73. The van der Waals surface area contributed by atoms with E-state index in [-0.39, 0.29) is 5.11 Å². The van der Waals surface area contributed by atoms with E-state index in [0.29, 0.717) is 5.76 Å². The van der Waals surface area contributed by atoms with E-state index in [1.54, 1.807) is 6.21 Å². The minimum atomic E-state index is -1.37. The maximum atomic E-state index is 5.62. The molecule has 0 radical (unpaired) electrons. The minimum Gasteiger partial charge on any atom is -0.465 e. The normalized spacial score (nSPS) is 11.9. The maximum absolute atomic E-state index is 5.62. The van der Waals surface area contributed by atoms with Crippen LogP contribution in [0.4, 0.5) is 0 Å². The van der Waals surface area contributed by atoms with Crippen molar-refractivity contribution in [2.24, 2.45) is 10.8 Å². The van der Waals surface area contributed by atoms with Gasteiger partial charge in [0.2, 0.25) is 0 Å². The van der Waals surface area contributed by atoms with Gasteiger partial charge < -0.3 is 10.2 Å². The van der Waals surface area contributed by atoms with Crippen molar-refractivity contribution in [1.29, 1.82) is 0 Å². The smallest absolute Gasteiger partial charge is 0.184 e. The summed E-state index contributed by atoms with van der Waals surface area (Å²) < 4.78 is 5.62. The van der Waals surface area contributed by atoms with Crippen molar-refractivity contribution >= 4 is 37.0 Å². The van der Waals surface area contributed by atoms with Crippen LogP contribution in [0.25, 0.3) is 0 Å². The summed E-state index contributed by atoms with van der Waals surface area (Å²) in [6, 6.07) is 3.88. The molecule has 0 bridgehead atoms. The number of nitrogens with one attached hydrogen (secondary N) is 1. The summed E-state index contributed by atoms with van der Waals surface area (Å²) in [5, 5.41) is 5.01. The molecule has 0 atom stereocenters. The Morgan fingerprint density at radius 2 is 2.20 bits per heavy atom. The van der Waals surface area contributed by atoms with Gasteiger partial charge in [0.25, 0.3) is 0 Å². The zero-order valence-corrected chi connectivity index (χ0v) is 10.9. The molecule has 0 aliphatic carbocycles. The highest BCUT2D eigenvalue weighted by Gasteiger charge is 2.20. The summed E-state index contributed by atoms with van der Waals surface area (Å²) >= 11 is 4.60. The van der Waals surface area contributed by atoms with Crippen LogP contribution < -0.4 is 16.5 Å². The zero-order chi connectivity index (χ0) is 11.5. The van der Waals surface area contributed by atoms with Gasteiger partial charge in [-0.05, 0) is 24.4 Å². The maximum Gasteiger partial charge on any atom is 0.184 e. The fraction of sp³-hybridized carbons (Fsp3) is 0.333. The second kappa shape index (κ2) is 4.58. The molecule has 1 aromatic rings. The van der Waals surface area contributed by atoms with Gasteiger partial charge in [-0.1, -0.05) is 19.6 Å². The fourth-order valence-corrected chi connectivity index (χ4v) is 2.04. The largest absolute Gasteiger partial charge is 0.465 e. The van der Waals surface area contributed by atoms with Gasteiger partial charge in [0.15, 0.2) is 5.11 Å². The van der Waals surface area contributed by atoms with Crippen molar-refractivity contribution in [2.45, 2.75) is 19.6 Å². The Balaban J connectivity index is 2.69. The van der Waals surface area contributed by atoms with Gasteiger partial charge in [0.05, 0.1) is 11.6 Å². The minimum absolute atomic E-state index is 0.142. The van der Waals surface area contributed by atoms with Crippen molar-refractivity contribution in [1.82, 2.24) is 5.43 Å². The number of nitrogens with zero attached hydrogens (tertiary/aromatic N) is 1. The zero-order valence-electron chi connectivity index (χ0n) is 9.07. The van der Waals surface area contributed by atoms with E-state index >= 15 is 0 Å². The topological polar surface area (TPSA) is 63.5 Å². The first-order valence-corrected chi connectivity index (χ1v) is 8.49. The van der Waals surface area contributed by atoms with Gasteiger partial charge in [-0.15, -0.1) is 0 Å². The molecule has 0 fully saturated rings. The van der Waals surface area contributed by atoms with Crippen LogP contribution in [0.1, 0.15) is 5.76 Å². The predicted octanol–water partition coefficient (Wildman–Crippen LogP) is 0.992. The average Bonchev–Trinajstić information content (AvgIpc) is 2.51. The van der Waals surface area contributed by atoms with Crippen LogP contribution in [0.15, 0.2) is 21.7 Å². The first-order chi connectivity index (χ1) is 6.89. The third-order valence-corrected chi connectivity index (χ3v) is 3.57. The van der Waals surface area contributed by atoms with Gasteiger partial charge in [-0.3, -0.25) is 5.43 Å². The van der Waals surface area contributed by atoms with Crippen LogP contribution >= 0.6 is 12.2 Å². The van der Waals surface area contributed by atoms with Gasteiger partial charge in [0.1, 0.15) is 13.8 Å². The number of hydrogen-bond donors (Lipinski definition) is 2. The summed E-state index contributed by atoms with van der Waals surface area (Å²) in [7, 11) is -1.37. The Bertz CT molecular complexity index is 381. The SMILES string of the molecule is C[Si](C)(C)c1ccc(/C=N\NC(N)=S)o1. The molecule has 0 saturated carbocycles. The van der Waals surface area contributed by atoms with E-state index in [9.17, 15) is 0 Å². The van der Waals surface area contributed by atoms with E-state index in [2.05, 4.69) is 42.4 Å². The van der Waals surface area contributed by atoms with E-state index in [1.807, 2.05) is 12.1 Å². The van der Waals surface area contributed by atoms with Crippen LogP contribution in [0.2, 0.25) is 19.6 Å². The van der Waals surface area contributed by atoms with Crippen molar-refractivity contribution in [3.63, 3.8) is 0 Å². The molecule has 1 rings (SSSR count). The monoisotopic (exact) mass is 241 g/mol. The summed E-state index contributed by atoms with van der Waals surface area (Å²) in [5.74, 6) is 0.705. The lowest BCUT2D eigenvalue weighted by Crippen LogP contribution is -2.36. The summed E-state index contributed by atoms with van der Waals surface area (Å²) in [5.41, 5.74) is 7.69. The molecule has 1 heterocycles. The molecule has 0 amide bonds. The standard InChI is InChI=1S/C9H15N3OSSi/c1-15(2,3)8-5-4-7(13-8)6-11-12-9(10)14/h4-6H,1-3H3,(H3,10,12,14)/b11-6-. The highest BCUT2D eigenvalue weighted by molar-refractivity contribution is 7.80. The summed E-state index contributed by atoms with van der Waals surface area (Å²) in [6.45, 7) is 6.67. The van der Waals surface area contributed by atoms with Crippen LogP contribution in [0.3, 0.4) is 0 Å². The van der Waals surface area contributed by atoms with E-state index in [1.165, 1.54) is 0 Å². The number of hydrazone groups is 1. The van der Waals surface area contributed by atoms with E-state index in [0.717, 1.165) is 5.38 Å². The molecule has 0 unspecified atom stereocenters. The lowest BCUT2D eigenvalue weighted by Gasteiger charge is -2.10. The first kappa shape index (κ1) is 11.9. The van der Waals surface area contributed by atoms with Crippen molar-refractivity contribution in [3.05, 3.63) is 17.9 Å². The van der Waals surface area contributed by atoms with Gasteiger partial charge in [-0.2, -0.15) is 5.10 Å². The molecule has 0 spiro atoms. The van der Waals surface area contributed by atoms with Crippen LogP contribution in [-0.2, 0) is 0 Å². The highest BCUT2D eigenvalue weighted by atomic mass is 32.1.